The maximum Gasteiger partial charge on any atom is 0.158 e. The van der Waals surface area contributed by atoms with Gasteiger partial charge in [0.2, 0.25) is 0 Å². The van der Waals surface area contributed by atoms with E-state index in [9.17, 15) is 4.79 Å². The van der Waals surface area contributed by atoms with Crippen molar-refractivity contribution in [2.45, 2.75) is 33.3 Å². The van der Waals surface area contributed by atoms with E-state index in [1.807, 2.05) is 6.92 Å². The summed E-state index contributed by atoms with van der Waals surface area (Å²) in [7, 11) is 0. The van der Waals surface area contributed by atoms with Gasteiger partial charge in [-0.3, -0.25) is 4.79 Å². The molecule has 0 heterocycles. The highest BCUT2D eigenvalue weighted by atomic mass is 16.5. The molecule has 0 radical (unpaired) electrons. The average Bonchev–Trinajstić information content (AvgIpc) is 1.82. The van der Waals surface area contributed by atoms with Gasteiger partial charge in [0, 0.05) is 6.61 Å². The molecule has 0 aromatic heterocycles. The summed E-state index contributed by atoms with van der Waals surface area (Å²) in [6, 6.07) is 0. The first-order chi connectivity index (χ1) is 4.18. The SMILES string of the molecule is CCCOC(C)C(C)=O. The largest absolute Gasteiger partial charge is 0.371 e. The molecule has 0 spiro atoms. The summed E-state index contributed by atoms with van der Waals surface area (Å²) in [6.45, 7) is 6.02. The Bertz CT molecular complexity index is 88.9. The van der Waals surface area contributed by atoms with Gasteiger partial charge in [-0.1, -0.05) is 6.92 Å². The van der Waals surface area contributed by atoms with Gasteiger partial charge in [0.1, 0.15) is 6.10 Å². The van der Waals surface area contributed by atoms with Crippen molar-refractivity contribution in [3.63, 3.8) is 0 Å². The molecule has 0 aromatic rings. The molecular formula is C7H14O2. The number of ether oxygens (including phenoxy) is 1. The topological polar surface area (TPSA) is 26.3 Å². The third-order valence-corrected chi connectivity index (χ3v) is 1.14. The molecule has 0 aliphatic heterocycles. The van der Waals surface area contributed by atoms with Crippen LogP contribution >= 0.6 is 0 Å². The summed E-state index contributed by atoms with van der Waals surface area (Å²) in [4.78, 5) is 10.5. The molecule has 0 saturated heterocycles. The molecule has 0 amide bonds. The van der Waals surface area contributed by atoms with Gasteiger partial charge in [0.05, 0.1) is 0 Å². The van der Waals surface area contributed by atoms with Crippen LogP contribution in [-0.2, 0) is 9.53 Å². The van der Waals surface area contributed by atoms with Crippen molar-refractivity contribution >= 4 is 5.78 Å². The zero-order valence-electron chi connectivity index (χ0n) is 6.31. The zero-order chi connectivity index (χ0) is 7.28. The molecule has 0 fully saturated rings. The molecule has 0 aliphatic carbocycles. The Balaban J connectivity index is 3.27. The summed E-state index contributed by atoms with van der Waals surface area (Å²) in [6.07, 6.45) is 0.752. The Morgan fingerprint density at radius 2 is 2.22 bits per heavy atom. The quantitative estimate of drug-likeness (QED) is 0.574. The third-order valence-electron chi connectivity index (χ3n) is 1.14. The maximum atomic E-state index is 10.5. The minimum absolute atomic E-state index is 0.100. The van der Waals surface area contributed by atoms with Gasteiger partial charge >= 0.3 is 0 Å². The first kappa shape index (κ1) is 8.63. The van der Waals surface area contributed by atoms with Crippen LogP contribution in [0, 0.1) is 0 Å². The summed E-state index contributed by atoms with van der Waals surface area (Å²) in [5.74, 6) is 0.100. The van der Waals surface area contributed by atoms with E-state index in [1.54, 1.807) is 13.8 Å². The van der Waals surface area contributed by atoms with E-state index in [2.05, 4.69) is 0 Å². The smallest absolute Gasteiger partial charge is 0.158 e. The number of hydrogen-bond donors (Lipinski definition) is 0. The fraction of sp³-hybridized carbons (Fsp3) is 0.857. The third kappa shape index (κ3) is 4.15. The van der Waals surface area contributed by atoms with Gasteiger partial charge in [-0.25, -0.2) is 0 Å². The zero-order valence-corrected chi connectivity index (χ0v) is 6.31. The van der Waals surface area contributed by atoms with E-state index in [0.717, 1.165) is 6.42 Å². The van der Waals surface area contributed by atoms with Crippen molar-refractivity contribution < 1.29 is 9.53 Å². The van der Waals surface area contributed by atoms with Crippen LogP contribution < -0.4 is 0 Å². The number of carbonyl (C=O) groups is 1. The molecule has 1 atom stereocenters. The van der Waals surface area contributed by atoms with Crippen LogP contribution in [-0.4, -0.2) is 18.5 Å². The first-order valence-corrected chi connectivity index (χ1v) is 3.30. The molecule has 54 valence electrons. The van der Waals surface area contributed by atoms with Gasteiger partial charge < -0.3 is 4.74 Å². The van der Waals surface area contributed by atoms with Crippen LogP contribution in [0.15, 0.2) is 0 Å². The van der Waals surface area contributed by atoms with Crippen molar-refractivity contribution in [1.29, 1.82) is 0 Å². The normalized spacial score (nSPS) is 13.2. The second-order valence-corrected chi connectivity index (χ2v) is 2.12. The van der Waals surface area contributed by atoms with Crippen molar-refractivity contribution in [3.8, 4) is 0 Å². The number of Topliss-reactive ketones (excluding diaryl/α,β-unsaturated/α-hetero) is 1. The van der Waals surface area contributed by atoms with Crippen LogP contribution in [0.4, 0.5) is 0 Å². The molecule has 0 N–H and O–H groups in total. The van der Waals surface area contributed by atoms with Gasteiger partial charge in [-0.05, 0) is 20.3 Å². The van der Waals surface area contributed by atoms with Crippen molar-refractivity contribution in [2.75, 3.05) is 6.61 Å². The highest BCUT2D eigenvalue weighted by molar-refractivity contribution is 5.79. The monoisotopic (exact) mass is 130 g/mol. The number of ketones is 1. The first-order valence-electron chi connectivity index (χ1n) is 3.30. The van der Waals surface area contributed by atoms with Crippen molar-refractivity contribution in [3.05, 3.63) is 0 Å². The van der Waals surface area contributed by atoms with Crippen LogP contribution in [0.3, 0.4) is 0 Å². The lowest BCUT2D eigenvalue weighted by atomic mass is 10.3. The van der Waals surface area contributed by atoms with E-state index in [0.29, 0.717) is 6.61 Å². The van der Waals surface area contributed by atoms with E-state index in [4.69, 9.17) is 4.74 Å². The predicted octanol–water partition coefficient (Wildman–Crippen LogP) is 1.39. The Hall–Kier alpha value is -0.370. The number of hydrogen-bond acceptors (Lipinski definition) is 2. The summed E-state index contributed by atoms with van der Waals surface area (Å²) in [5.41, 5.74) is 0. The lowest BCUT2D eigenvalue weighted by Crippen LogP contribution is -2.17. The predicted molar refractivity (Wildman–Crippen MR) is 36.4 cm³/mol. The van der Waals surface area contributed by atoms with Crippen LogP contribution in [0.5, 0.6) is 0 Å². The molecule has 2 nitrogen and oxygen atoms in total. The summed E-state index contributed by atoms with van der Waals surface area (Å²) >= 11 is 0. The lowest BCUT2D eigenvalue weighted by molar-refractivity contribution is -0.127. The molecule has 9 heavy (non-hydrogen) atoms. The second kappa shape index (κ2) is 4.50. The summed E-state index contributed by atoms with van der Waals surface area (Å²) < 4.78 is 5.10. The molecular weight excluding hydrogens is 116 g/mol. The fourth-order valence-electron chi connectivity index (χ4n) is 0.412. The molecule has 0 rings (SSSR count). The molecule has 0 bridgehead atoms. The highest BCUT2D eigenvalue weighted by Crippen LogP contribution is 1.92. The van der Waals surface area contributed by atoms with Gasteiger partial charge in [0.15, 0.2) is 5.78 Å². The highest BCUT2D eigenvalue weighted by Gasteiger charge is 2.04. The van der Waals surface area contributed by atoms with E-state index in [1.165, 1.54) is 0 Å². The van der Waals surface area contributed by atoms with Gasteiger partial charge in [0.25, 0.3) is 0 Å². The van der Waals surface area contributed by atoms with Gasteiger partial charge in [-0.15, -0.1) is 0 Å². The second-order valence-electron chi connectivity index (χ2n) is 2.12. The fourth-order valence-corrected chi connectivity index (χ4v) is 0.412. The van der Waals surface area contributed by atoms with E-state index < -0.39 is 0 Å². The standard InChI is InChI=1S/C7H14O2/c1-4-5-9-7(3)6(2)8/h7H,4-5H2,1-3H3. The molecule has 0 aromatic carbocycles. The average molecular weight is 130 g/mol. The van der Waals surface area contributed by atoms with Crippen LogP contribution in [0.2, 0.25) is 0 Å². The Morgan fingerprint density at radius 1 is 1.67 bits per heavy atom. The van der Waals surface area contributed by atoms with Crippen LogP contribution in [0.1, 0.15) is 27.2 Å². The summed E-state index contributed by atoms with van der Waals surface area (Å²) in [5, 5.41) is 0. The maximum absolute atomic E-state index is 10.5. The minimum atomic E-state index is -0.218. The Labute approximate surface area is 56.2 Å². The minimum Gasteiger partial charge on any atom is -0.371 e. The molecule has 0 aliphatic rings. The number of rotatable bonds is 4. The van der Waals surface area contributed by atoms with E-state index in [-0.39, 0.29) is 11.9 Å². The lowest BCUT2D eigenvalue weighted by Gasteiger charge is -2.06. The van der Waals surface area contributed by atoms with E-state index >= 15 is 0 Å². The van der Waals surface area contributed by atoms with Crippen molar-refractivity contribution in [1.82, 2.24) is 0 Å². The molecule has 2 heteroatoms. The van der Waals surface area contributed by atoms with Crippen LogP contribution in [0.25, 0.3) is 0 Å². The Kier molecular flexibility index (Phi) is 4.32. The Morgan fingerprint density at radius 3 is 2.56 bits per heavy atom. The molecule has 0 saturated carbocycles. The van der Waals surface area contributed by atoms with Gasteiger partial charge in [-0.2, -0.15) is 0 Å². The molecule has 1 unspecified atom stereocenters. The number of carbonyl (C=O) groups excluding carboxylic acids is 1. The van der Waals surface area contributed by atoms with Crippen molar-refractivity contribution in [2.24, 2.45) is 0 Å².